The average Bonchev–Trinajstić information content (AvgIpc) is 2.62. The molecule has 1 aromatic carbocycles. The number of carbonyl (C=O) groups excluding carboxylic acids is 1. The molecule has 4 nitrogen and oxygen atoms in total. The number of carbonyl (C=O) groups is 1. The summed E-state index contributed by atoms with van der Waals surface area (Å²) in [4.78, 5) is 12.1. The lowest BCUT2D eigenvalue weighted by molar-refractivity contribution is 0.194. The summed E-state index contributed by atoms with van der Waals surface area (Å²) >= 11 is 4.38. The lowest BCUT2D eigenvalue weighted by Crippen LogP contribution is -2.43. The third kappa shape index (κ3) is 7.10. The second kappa shape index (κ2) is 10.1. The molecule has 0 aliphatic heterocycles. The maximum absolute atomic E-state index is 12.1. The minimum absolute atomic E-state index is 0.0697. The van der Waals surface area contributed by atoms with Gasteiger partial charge < -0.3 is 15.4 Å². The van der Waals surface area contributed by atoms with Crippen molar-refractivity contribution in [2.45, 2.75) is 65.0 Å². The quantitative estimate of drug-likeness (QED) is 0.570. The molecule has 1 saturated carbocycles. The Bertz CT molecular complexity index is 552. The van der Waals surface area contributed by atoms with E-state index in [1.54, 1.807) is 7.11 Å². The Kier molecular flexibility index (Phi) is 8.14. The Morgan fingerprint density at radius 2 is 1.85 bits per heavy atom. The van der Waals surface area contributed by atoms with Gasteiger partial charge in [-0.15, -0.1) is 0 Å². The van der Waals surface area contributed by atoms with Gasteiger partial charge in [0.15, 0.2) is 0 Å². The number of methoxy groups -OCH3 is 1. The van der Waals surface area contributed by atoms with E-state index in [2.05, 4.69) is 37.1 Å². The molecule has 1 fully saturated rings. The molecule has 1 aliphatic carbocycles. The molecular weight excluding hydrogens is 344 g/mol. The molecule has 2 N–H and O–H groups in total. The van der Waals surface area contributed by atoms with Crippen LogP contribution in [-0.2, 0) is 6.54 Å². The minimum atomic E-state index is -0.0697. The summed E-state index contributed by atoms with van der Waals surface area (Å²) in [5, 5.41) is 6.08. The third-order valence-corrected chi connectivity index (χ3v) is 5.65. The van der Waals surface area contributed by atoms with Crippen LogP contribution in [0.2, 0.25) is 0 Å². The van der Waals surface area contributed by atoms with Crippen molar-refractivity contribution in [2.24, 2.45) is 11.3 Å². The van der Waals surface area contributed by atoms with Gasteiger partial charge in [0.2, 0.25) is 0 Å². The first-order valence-corrected chi connectivity index (χ1v) is 10.3. The molecule has 0 aromatic heterocycles. The third-order valence-electron chi connectivity index (χ3n) is 5.42. The lowest BCUT2D eigenvalue weighted by Gasteiger charge is -2.34. The number of urea groups is 1. The summed E-state index contributed by atoms with van der Waals surface area (Å²) in [6.45, 7) is 5.23. The molecule has 0 heterocycles. The van der Waals surface area contributed by atoms with Gasteiger partial charge in [-0.3, -0.25) is 0 Å². The highest BCUT2D eigenvalue weighted by atomic mass is 32.1. The Morgan fingerprint density at radius 3 is 2.42 bits per heavy atom. The lowest BCUT2D eigenvalue weighted by atomic mass is 9.74. The van der Waals surface area contributed by atoms with Gasteiger partial charge in [0.25, 0.3) is 0 Å². The van der Waals surface area contributed by atoms with Gasteiger partial charge in [0.1, 0.15) is 5.75 Å². The van der Waals surface area contributed by atoms with Gasteiger partial charge in [0, 0.05) is 12.6 Å². The molecule has 2 amide bonds. The predicted octanol–water partition coefficient (Wildman–Crippen LogP) is 4.79. The van der Waals surface area contributed by atoms with E-state index in [1.165, 1.54) is 25.7 Å². The Balaban J connectivity index is 1.67. The highest BCUT2D eigenvalue weighted by molar-refractivity contribution is 7.80. The van der Waals surface area contributed by atoms with Gasteiger partial charge in [0.05, 0.1) is 7.11 Å². The van der Waals surface area contributed by atoms with Crippen LogP contribution in [0, 0.1) is 11.3 Å². The number of benzene rings is 1. The Labute approximate surface area is 163 Å². The Hall–Kier alpha value is -1.36. The van der Waals surface area contributed by atoms with Crippen LogP contribution in [-0.4, -0.2) is 24.9 Å². The first kappa shape index (κ1) is 20.9. The monoisotopic (exact) mass is 378 g/mol. The molecule has 2 rings (SSSR count). The number of ether oxygens (including phenoxy) is 1. The summed E-state index contributed by atoms with van der Waals surface area (Å²) in [5.41, 5.74) is 1.44. The molecule has 0 bridgehead atoms. The van der Waals surface area contributed by atoms with Crippen LogP contribution in [0.5, 0.6) is 5.75 Å². The van der Waals surface area contributed by atoms with Gasteiger partial charge in [-0.1, -0.05) is 26.0 Å². The molecule has 1 aliphatic rings. The number of nitrogens with one attached hydrogen (secondary N) is 2. The number of amides is 2. The fourth-order valence-electron chi connectivity index (χ4n) is 3.86. The molecule has 146 valence electrons. The first-order valence-electron chi connectivity index (χ1n) is 9.70. The van der Waals surface area contributed by atoms with Crippen molar-refractivity contribution < 1.29 is 9.53 Å². The van der Waals surface area contributed by atoms with E-state index in [9.17, 15) is 4.79 Å². The molecule has 0 spiro atoms. The molecular formula is C21H34N2O2S. The largest absolute Gasteiger partial charge is 0.497 e. The van der Waals surface area contributed by atoms with Crippen molar-refractivity contribution in [1.82, 2.24) is 10.6 Å². The Morgan fingerprint density at radius 1 is 1.19 bits per heavy atom. The van der Waals surface area contributed by atoms with Crippen molar-refractivity contribution in [2.75, 3.05) is 12.9 Å². The minimum Gasteiger partial charge on any atom is -0.497 e. The first-order chi connectivity index (χ1) is 12.4. The highest BCUT2D eigenvalue weighted by Crippen LogP contribution is 2.36. The highest BCUT2D eigenvalue weighted by Gasteiger charge is 2.27. The van der Waals surface area contributed by atoms with Gasteiger partial charge >= 0.3 is 6.03 Å². The number of hydrogen-bond acceptors (Lipinski definition) is 3. The number of rotatable bonds is 8. The molecule has 1 aromatic rings. The van der Waals surface area contributed by atoms with Crippen LogP contribution in [0.4, 0.5) is 4.79 Å². The summed E-state index contributed by atoms with van der Waals surface area (Å²) in [7, 11) is 1.65. The average molecular weight is 379 g/mol. The second-order valence-electron chi connectivity index (χ2n) is 8.23. The van der Waals surface area contributed by atoms with Crippen molar-refractivity contribution in [3.8, 4) is 5.75 Å². The second-order valence-corrected chi connectivity index (χ2v) is 8.68. The molecule has 0 unspecified atom stereocenters. The van der Waals surface area contributed by atoms with Gasteiger partial charge in [-0.05, 0) is 73.3 Å². The SMILES string of the molecule is COc1ccc(CNC(=O)NC2CCC(CC(C)(C)CCS)CC2)cc1. The van der Waals surface area contributed by atoms with Crippen LogP contribution >= 0.6 is 12.6 Å². The van der Waals surface area contributed by atoms with Crippen molar-refractivity contribution >= 4 is 18.7 Å². The summed E-state index contributed by atoms with van der Waals surface area (Å²) in [6.07, 6.45) is 7.01. The van der Waals surface area contributed by atoms with Crippen LogP contribution in [0.25, 0.3) is 0 Å². The van der Waals surface area contributed by atoms with E-state index in [-0.39, 0.29) is 6.03 Å². The summed E-state index contributed by atoms with van der Waals surface area (Å²) < 4.78 is 5.14. The van der Waals surface area contributed by atoms with Crippen LogP contribution in [0.3, 0.4) is 0 Å². The normalized spacial score (nSPS) is 20.5. The summed E-state index contributed by atoms with van der Waals surface area (Å²) in [6, 6.07) is 7.99. The van der Waals surface area contributed by atoms with Crippen LogP contribution in [0.15, 0.2) is 24.3 Å². The van der Waals surface area contributed by atoms with Crippen molar-refractivity contribution in [1.29, 1.82) is 0 Å². The maximum Gasteiger partial charge on any atom is 0.315 e. The van der Waals surface area contributed by atoms with Gasteiger partial charge in [-0.2, -0.15) is 12.6 Å². The fourth-order valence-corrected chi connectivity index (χ4v) is 4.46. The van der Waals surface area contributed by atoms with E-state index in [0.29, 0.717) is 18.0 Å². The van der Waals surface area contributed by atoms with Crippen molar-refractivity contribution in [3.05, 3.63) is 29.8 Å². The van der Waals surface area contributed by atoms with E-state index in [1.807, 2.05) is 24.3 Å². The molecule has 0 radical (unpaired) electrons. The molecule has 0 saturated heterocycles. The van der Waals surface area contributed by atoms with Crippen molar-refractivity contribution in [3.63, 3.8) is 0 Å². The zero-order valence-electron chi connectivity index (χ0n) is 16.4. The zero-order valence-corrected chi connectivity index (χ0v) is 17.3. The predicted molar refractivity (Wildman–Crippen MR) is 111 cm³/mol. The molecule has 0 atom stereocenters. The number of thiol groups is 1. The standard InChI is InChI=1S/C21H34N2O2S/c1-21(2,12-13-26)14-16-4-8-18(9-5-16)23-20(24)22-15-17-6-10-19(25-3)11-7-17/h6-7,10-11,16,18,26H,4-5,8-9,12-15H2,1-3H3,(H2,22,23,24). The zero-order chi connectivity index (χ0) is 19.0. The van der Waals surface area contributed by atoms with Gasteiger partial charge in [-0.25, -0.2) is 4.79 Å². The summed E-state index contributed by atoms with van der Waals surface area (Å²) in [5.74, 6) is 2.57. The van der Waals surface area contributed by atoms with Crippen LogP contribution < -0.4 is 15.4 Å². The maximum atomic E-state index is 12.1. The van der Waals surface area contributed by atoms with E-state index in [4.69, 9.17) is 4.74 Å². The molecule has 5 heteroatoms. The van der Waals surface area contributed by atoms with E-state index >= 15 is 0 Å². The van der Waals surface area contributed by atoms with E-state index < -0.39 is 0 Å². The fraction of sp³-hybridized carbons (Fsp3) is 0.667. The smallest absolute Gasteiger partial charge is 0.315 e. The molecule has 26 heavy (non-hydrogen) atoms. The van der Waals surface area contributed by atoms with E-state index in [0.717, 1.165) is 35.8 Å². The van der Waals surface area contributed by atoms with Crippen LogP contribution in [0.1, 0.15) is 57.9 Å². The topological polar surface area (TPSA) is 50.4 Å². The number of hydrogen-bond donors (Lipinski definition) is 3.